The summed E-state index contributed by atoms with van der Waals surface area (Å²) in [6, 6.07) is 5.98. The SMILES string of the molecule is Cn1cc(-c2ccc3c(c2)N(c2nc4c(s2)C(=O)CC(C)(C)C4=O)CCO3)cn1. The highest BCUT2D eigenvalue weighted by molar-refractivity contribution is 7.18. The third-order valence-electron chi connectivity index (χ3n) is 5.39. The van der Waals surface area contributed by atoms with Crippen LogP contribution in [0.3, 0.4) is 0 Å². The first-order chi connectivity index (χ1) is 13.8. The Bertz CT molecular complexity index is 1160. The van der Waals surface area contributed by atoms with Crippen LogP contribution >= 0.6 is 11.3 Å². The number of nitrogens with zero attached hydrogens (tertiary/aromatic N) is 4. The molecule has 7 nitrogen and oxygen atoms in total. The van der Waals surface area contributed by atoms with Crippen LogP contribution in [-0.4, -0.2) is 39.5 Å². The fourth-order valence-corrected chi connectivity index (χ4v) is 4.86. The van der Waals surface area contributed by atoms with Crippen LogP contribution in [0.4, 0.5) is 10.8 Å². The molecule has 5 rings (SSSR count). The third kappa shape index (κ3) is 2.86. The van der Waals surface area contributed by atoms with Crippen LogP contribution in [0.25, 0.3) is 11.1 Å². The van der Waals surface area contributed by atoms with Gasteiger partial charge in [0.05, 0.1) is 18.4 Å². The van der Waals surface area contributed by atoms with E-state index in [0.29, 0.717) is 28.9 Å². The molecule has 0 bridgehead atoms. The number of fused-ring (bicyclic) bond motifs is 2. The first kappa shape index (κ1) is 18.1. The summed E-state index contributed by atoms with van der Waals surface area (Å²) in [6.45, 7) is 4.72. The van der Waals surface area contributed by atoms with Gasteiger partial charge < -0.3 is 9.64 Å². The van der Waals surface area contributed by atoms with Gasteiger partial charge in [0.1, 0.15) is 22.9 Å². The number of thiazole rings is 1. The predicted octanol–water partition coefficient (Wildman–Crippen LogP) is 3.87. The smallest absolute Gasteiger partial charge is 0.191 e. The Morgan fingerprint density at radius 3 is 2.79 bits per heavy atom. The van der Waals surface area contributed by atoms with Gasteiger partial charge in [0.15, 0.2) is 16.7 Å². The first-order valence-electron chi connectivity index (χ1n) is 9.46. The molecule has 1 aliphatic heterocycles. The highest BCUT2D eigenvalue weighted by atomic mass is 32.1. The van der Waals surface area contributed by atoms with E-state index >= 15 is 0 Å². The van der Waals surface area contributed by atoms with Crippen LogP contribution < -0.4 is 9.64 Å². The zero-order valence-electron chi connectivity index (χ0n) is 16.4. The van der Waals surface area contributed by atoms with Crippen molar-refractivity contribution in [2.24, 2.45) is 12.5 Å². The standard InChI is InChI=1S/C21H20N4O3S/c1-21(2)9-15(26)18-17(19(21)27)23-20(29-18)25-6-7-28-16-5-4-12(8-14(16)25)13-10-22-24(3)11-13/h4-5,8,10-11H,6-7,9H2,1-3H3. The number of carbonyl (C=O) groups excluding carboxylic acids is 2. The second-order valence-corrected chi connectivity index (χ2v) is 9.05. The minimum atomic E-state index is -0.703. The molecule has 3 heterocycles. The summed E-state index contributed by atoms with van der Waals surface area (Å²) in [5, 5.41) is 4.90. The molecule has 3 aromatic rings. The molecule has 0 N–H and O–H groups in total. The summed E-state index contributed by atoms with van der Waals surface area (Å²) in [4.78, 5) is 32.5. The summed E-state index contributed by atoms with van der Waals surface area (Å²) in [7, 11) is 1.88. The molecule has 0 spiro atoms. The van der Waals surface area contributed by atoms with Crippen molar-refractivity contribution in [2.75, 3.05) is 18.1 Å². The maximum atomic E-state index is 12.8. The largest absolute Gasteiger partial charge is 0.490 e. The first-order valence-corrected chi connectivity index (χ1v) is 10.3. The lowest BCUT2D eigenvalue weighted by Gasteiger charge is -2.29. The van der Waals surface area contributed by atoms with Gasteiger partial charge in [0.2, 0.25) is 0 Å². The molecular weight excluding hydrogens is 388 g/mol. The van der Waals surface area contributed by atoms with E-state index in [4.69, 9.17) is 4.74 Å². The van der Waals surface area contributed by atoms with Crippen molar-refractivity contribution in [3.8, 4) is 16.9 Å². The Balaban J connectivity index is 1.59. The molecule has 0 fully saturated rings. The zero-order chi connectivity index (χ0) is 20.3. The molecule has 2 aliphatic rings. The molecule has 0 amide bonds. The Labute approximate surface area is 171 Å². The average Bonchev–Trinajstić information content (AvgIpc) is 3.32. The van der Waals surface area contributed by atoms with Gasteiger partial charge in [-0.1, -0.05) is 31.3 Å². The highest BCUT2D eigenvalue weighted by Gasteiger charge is 2.42. The summed E-state index contributed by atoms with van der Waals surface area (Å²) < 4.78 is 7.59. The molecule has 0 atom stereocenters. The fraction of sp³-hybridized carbons (Fsp3) is 0.333. The minimum absolute atomic E-state index is 0.00839. The summed E-state index contributed by atoms with van der Waals surface area (Å²) in [6.07, 6.45) is 4.00. The molecule has 0 radical (unpaired) electrons. The molecule has 2 aromatic heterocycles. The van der Waals surface area contributed by atoms with E-state index < -0.39 is 5.41 Å². The van der Waals surface area contributed by atoms with Crippen molar-refractivity contribution < 1.29 is 14.3 Å². The summed E-state index contributed by atoms with van der Waals surface area (Å²) >= 11 is 1.30. The van der Waals surface area contributed by atoms with E-state index in [0.717, 1.165) is 22.6 Å². The monoisotopic (exact) mass is 408 g/mol. The van der Waals surface area contributed by atoms with E-state index in [1.54, 1.807) is 18.5 Å². The van der Waals surface area contributed by atoms with E-state index in [1.165, 1.54) is 11.3 Å². The fourth-order valence-electron chi connectivity index (χ4n) is 3.82. The van der Waals surface area contributed by atoms with Gasteiger partial charge in [-0.25, -0.2) is 4.98 Å². The number of carbonyl (C=O) groups is 2. The summed E-state index contributed by atoms with van der Waals surface area (Å²) in [5.41, 5.74) is 2.50. The van der Waals surface area contributed by atoms with Crippen molar-refractivity contribution in [1.82, 2.24) is 14.8 Å². The van der Waals surface area contributed by atoms with Gasteiger partial charge in [0, 0.05) is 30.6 Å². The van der Waals surface area contributed by atoms with Gasteiger partial charge >= 0.3 is 0 Å². The predicted molar refractivity (Wildman–Crippen MR) is 110 cm³/mol. The number of anilines is 2. The van der Waals surface area contributed by atoms with Crippen LogP contribution in [0.5, 0.6) is 5.75 Å². The summed E-state index contributed by atoms with van der Waals surface area (Å²) in [5.74, 6) is 0.688. The van der Waals surface area contributed by atoms with Crippen LogP contribution in [0.1, 0.15) is 40.4 Å². The number of rotatable bonds is 2. The molecular formula is C21H20N4O3S. The van der Waals surface area contributed by atoms with E-state index in [1.807, 2.05) is 42.5 Å². The number of ketones is 2. The lowest BCUT2D eigenvalue weighted by atomic mass is 9.77. The third-order valence-corrected chi connectivity index (χ3v) is 6.51. The molecule has 0 unspecified atom stereocenters. The Hall–Kier alpha value is -3.00. The van der Waals surface area contributed by atoms with Gasteiger partial charge in [-0.3, -0.25) is 14.3 Å². The van der Waals surface area contributed by atoms with Gasteiger partial charge in [-0.05, 0) is 17.7 Å². The van der Waals surface area contributed by atoms with Gasteiger partial charge in [-0.15, -0.1) is 0 Å². The Kier molecular flexibility index (Phi) is 3.89. The average molecular weight is 408 g/mol. The molecule has 0 saturated heterocycles. The number of benzene rings is 1. The minimum Gasteiger partial charge on any atom is -0.490 e. The normalized spacial score (nSPS) is 17.7. The molecule has 1 aliphatic carbocycles. The van der Waals surface area contributed by atoms with E-state index in [9.17, 15) is 9.59 Å². The van der Waals surface area contributed by atoms with Crippen molar-refractivity contribution in [1.29, 1.82) is 0 Å². The van der Waals surface area contributed by atoms with Crippen molar-refractivity contribution in [3.05, 3.63) is 41.2 Å². The van der Waals surface area contributed by atoms with E-state index in [-0.39, 0.29) is 18.0 Å². The number of hydrogen-bond donors (Lipinski definition) is 0. The quantitative estimate of drug-likeness (QED) is 0.641. The zero-order valence-corrected chi connectivity index (χ0v) is 17.2. The molecule has 29 heavy (non-hydrogen) atoms. The van der Waals surface area contributed by atoms with Crippen molar-refractivity contribution in [3.63, 3.8) is 0 Å². The maximum absolute atomic E-state index is 12.8. The van der Waals surface area contributed by atoms with Gasteiger partial charge in [0.25, 0.3) is 0 Å². The van der Waals surface area contributed by atoms with Crippen LogP contribution in [0.2, 0.25) is 0 Å². The molecule has 8 heteroatoms. The molecule has 1 aromatic carbocycles. The van der Waals surface area contributed by atoms with Gasteiger partial charge in [-0.2, -0.15) is 5.10 Å². The second-order valence-electron chi connectivity index (χ2n) is 8.07. The molecule has 0 saturated carbocycles. The van der Waals surface area contributed by atoms with Crippen LogP contribution in [0.15, 0.2) is 30.6 Å². The number of Topliss-reactive ketones (excluding diaryl/α,β-unsaturated/α-hetero) is 2. The number of aromatic nitrogens is 3. The number of aryl methyl sites for hydroxylation is 1. The van der Waals surface area contributed by atoms with Crippen LogP contribution in [-0.2, 0) is 7.05 Å². The van der Waals surface area contributed by atoms with Crippen LogP contribution in [0, 0.1) is 5.41 Å². The maximum Gasteiger partial charge on any atom is 0.191 e. The van der Waals surface area contributed by atoms with Crippen molar-refractivity contribution >= 4 is 33.7 Å². The molecule has 148 valence electrons. The lowest BCUT2D eigenvalue weighted by molar-refractivity contribution is 0.0736. The van der Waals surface area contributed by atoms with E-state index in [2.05, 4.69) is 10.1 Å². The Morgan fingerprint density at radius 1 is 1.21 bits per heavy atom. The van der Waals surface area contributed by atoms with Crippen molar-refractivity contribution in [2.45, 2.75) is 20.3 Å². The Morgan fingerprint density at radius 2 is 2.03 bits per heavy atom. The number of hydrogen-bond acceptors (Lipinski definition) is 7. The highest BCUT2D eigenvalue weighted by Crippen LogP contribution is 2.44. The second kappa shape index (κ2) is 6.25. The lowest BCUT2D eigenvalue weighted by Crippen LogP contribution is -2.33. The number of ether oxygens (including phenoxy) is 1. The topological polar surface area (TPSA) is 77.3 Å².